The summed E-state index contributed by atoms with van der Waals surface area (Å²) in [5, 5.41) is 10.6. The van der Waals surface area contributed by atoms with Gasteiger partial charge in [0.15, 0.2) is 12.2 Å². The molecule has 0 aromatic carbocycles. The summed E-state index contributed by atoms with van der Waals surface area (Å²) >= 11 is 0. The molecule has 0 aromatic rings. The lowest BCUT2D eigenvalue weighted by Crippen LogP contribution is -2.30. The maximum atomic E-state index is 13.1. The number of aliphatic hydroxyl groups excluding tert-OH is 1. The van der Waals surface area contributed by atoms with Gasteiger partial charge in [0.05, 0.1) is 26.4 Å². The molecular formula is C79H154O17P2. The van der Waals surface area contributed by atoms with Crippen LogP contribution in [0.1, 0.15) is 420 Å². The Labute approximate surface area is 600 Å². The highest BCUT2D eigenvalue weighted by atomic mass is 31.2. The topological polar surface area (TPSA) is 237 Å². The predicted molar refractivity (Wildman–Crippen MR) is 400 cm³/mol. The first-order valence-electron chi connectivity index (χ1n) is 41.1. The molecule has 5 atom stereocenters. The lowest BCUT2D eigenvalue weighted by atomic mass is 10.0. The maximum absolute atomic E-state index is 13.1. The maximum Gasteiger partial charge on any atom is 0.472 e. The highest BCUT2D eigenvalue weighted by Crippen LogP contribution is 2.45. The first kappa shape index (κ1) is 96.1. The van der Waals surface area contributed by atoms with Crippen LogP contribution >= 0.6 is 15.6 Å². The fourth-order valence-electron chi connectivity index (χ4n) is 12.2. The van der Waals surface area contributed by atoms with Gasteiger partial charge in [0, 0.05) is 25.7 Å². The first-order valence-corrected chi connectivity index (χ1v) is 44.1. The molecule has 98 heavy (non-hydrogen) atoms. The summed E-state index contributed by atoms with van der Waals surface area (Å²) < 4.78 is 68.4. The molecule has 582 valence electrons. The van der Waals surface area contributed by atoms with Gasteiger partial charge in [-0.2, -0.15) is 0 Å². The third-order valence-corrected chi connectivity index (χ3v) is 20.4. The molecule has 0 amide bonds. The van der Waals surface area contributed by atoms with Gasteiger partial charge in [0.25, 0.3) is 0 Å². The van der Waals surface area contributed by atoms with Crippen molar-refractivity contribution in [2.45, 2.75) is 438 Å². The Morgan fingerprint density at radius 2 is 0.469 bits per heavy atom. The zero-order valence-electron chi connectivity index (χ0n) is 63.9. The number of rotatable bonds is 79. The van der Waals surface area contributed by atoms with Crippen LogP contribution in [0.3, 0.4) is 0 Å². The average molecular weight is 1440 g/mol. The van der Waals surface area contributed by atoms with Crippen LogP contribution in [0, 0.1) is 5.92 Å². The van der Waals surface area contributed by atoms with Crippen LogP contribution in [0.4, 0.5) is 0 Å². The second kappa shape index (κ2) is 72.0. The van der Waals surface area contributed by atoms with Crippen molar-refractivity contribution in [2.75, 3.05) is 39.6 Å². The Morgan fingerprint density at radius 3 is 0.694 bits per heavy atom. The lowest BCUT2D eigenvalue weighted by molar-refractivity contribution is -0.161. The summed E-state index contributed by atoms with van der Waals surface area (Å²) in [6.45, 7) is 7.24. The van der Waals surface area contributed by atoms with Crippen LogP contribution in [-0.2, 0) is 65.4 Å². The SMILES string of the molecule is CCCCCCCCCCCCCCCCCCCCCC(=O)O[C@H](COC(=O)CCCCCCCCCCCCCCCCCCCC)COP(=O)(O)OC[C@@H](O)COP(=O)(O)OC[C@@H](COC(=O)CCCCCCC)OC(=O)CCCCCCCCCCCCCCCC(C)C. The van der Waals surface area contributed by atoms with E-state index in [0.717, 1.165) is 102 Å². The van der Waals surface area contributed by atoms with E-state index in [1.165, 1.54) is 238 Å². The molecule has 0 aliphatic heterocycles. The Morgan fingerprint density at radius 1 is 0.276 bits per heavy atom. The molecular weight excluding hydrogens is 1280 g/mol. The number of hydrogen-bond donors (Lipinski definition) is 3. The lowest BCUT2D eigenvalue weighted by Gasteiger charge is -2.21. The third kappa shape index (κ3) is 72.4. The molecule has 0 rings (SSSR count). The Hall–Kier alpha value is -1.94. The number of unbranched alkanes of at least 4 members (excludes halogenated alkanes) is 51. The number of aliphatic hydroxyl groups is 1. The van der Waals surface area contributed by atoms with Crippen molar-refractivity contribution in [3.05, 3.63) is 0 Å². The van der Waals surface area contributed by atoms with Crippen molar-refractivity contribution in [3.8, 4) is 0 Å². The number of esters is 4. The van der Waals surface area contributed by atoms with Crippen LogP contribution < -0.4 is 0 Å². The van der Waals surface area contributed by atoms with Crippen molar-refractivity contribution in [1.29, 1.82) is 0 Å². The highest BCUT2D eigenvalue weighted by Gasteiger charge is 2.30. The zero-order chi connectivity index (χ0) is 71.9. The van der Waals surface area contributed by atoms with Gasteiger partial charge < -0.3 is 33.8 Å². The molecule has 19 heteroatoms. The summed E-state index contributed by atoms with van der Waals surface area (Å²) in [7, 11) is -9.91. The van der Waals surface area contributed by atoms with Gasteiger partial charge in [-0.05, 0) is 31.6 Å². The molecule has 0 aromatic heterocycles. The average Bonchev–Trinajstić information content (AvgIpc) is 1.01. The van der Waals surface area contributed by atoms with E-state index in [1.54, 1.807) is 0 Å². The van der Waals surface area contributed by atoms with Crippen LogP contribution in [0.15, 0.2) is 0 Å². The quantitative estimate of drug-likeness (QED) is 0.0222. The second-order valence-corrected chi connectivity index (χ2v) is 31.8. The van der Waals surface area contributed by atoms with Gasteiger partial charge in [-0.15, -0.1) is 0 Å². The molecule has 0 radical (unpaired) electrons. The van der Waals surface area contributed by atoms with Gasteiger partial charge >= 0.3 is 39.5 Å². The summed E-state index contributed by atoms with van der Waals surface area (Å²) in [5.74, 6) is -1.33. The van der Waals surface area contributed by atoms with Crippen molar-refractivity contribution in [3.63, 3.8) is 0 Å². The van der Waals surface area contributed by atoms with E-state index >= 15 is 0 Å². The number of carbonyl (C=O) groups excluding carboxylic acids is 4. The zero-order valence-corrected chi connectivity index (χ0v) is 65.7. The molecule has 0 saturated carbocycles. The predicted octanol–water partition coefficient (Wildman–Crippen LogP) is 23.6. The highest BCUT2D eigenvalue weighted by molar-refractivity contribution is 7.47. The molecule has 3 N–H and O–H groups in total. The molecule has 17 nitrogen and oxygen atoms in total. The smallest absolute Gasteiger partial charge is 0.462 e. The van der Waals surface area contributed by atoms with Crippen LogP contribution in [0.25, 0.3) is 0 Å². The van der Waals surface area contributed by atoms with E-state index in [-0.39, 0.29) is 25.7 Å². The van der Waals surface area contributed by atoms with E-state index < -0.39 is 97.5 Å². The fourth-order valence-corrected chi connectivity index (χ4v) is 13.8. The van der Waals surface area contributed by atoms with Crippen molar-refractivity contribution in [2.24, 2.45) is 5.92 Å². The Balaban J connectivity index is 5.12. The molecule has 0 aliphatic carbocycles. The molecule has 0 bridgehead atoms. The number of carbonyl (C=O) groups is 4. The first-order chi connectivity index (χ1) is 47.5. The molecule has 0 aliphatic rings. The summed E-state index contributed by atoms with van der Waals surface area (Å²) in [6.07, 6.45) is 62.9. The standard InChI is InChI=1S/C79H154O17P2/c1-6-9-12-15-17-19-21-23-25-27-29-31-33-37-41-45-49-54-59-65-79(84)96-75(69-90-77(82)63-58-53-48-44-40-36-32-30-28-26-24-22-20-18-16-13-10-7-2)71-94-98(87,88)92-67-73(80)66-91-97(85,86)93-70-74(68-89-76(81)62-57-51-14-11-8-3)95-78(83)64-60-55-50-46-42-38-34-35-39-43-47-52-56-61-72(4)5/h72-75,80H,6-71H2,1-5H3,(H,85,86)(H,87,88)/t73-,74+,75+/m0/s1. The fraction of sp³-hybridized carbons (Fsp3) is 0.949. The molecule has 2 unspecified atom stereocenters. The molecule has 0 saturated heterocycles. The van der Waals surface area contributed by atoms with E-state index in [4.69, 9.17) is 37.0 Å². The van der Waals surface area contributed by atoms with Gasteiger partial charge in [-0.1, -0.05) is 369 Å². The van der Waals surface area contributed by atoms with Crippen LogP contribution in [0.2, 0.25) is 0 Å². The van der Waals surface area contributed by atoms with Crippen LogP contribution in [0.5, 0.6) is 0 Å². The van der Waals surface area contributed by atoms with Gasteiger partial charge in [0.1, 0.15) is 19.3 Å². The monoisotopic (exact) mass is 1440 g/mol. The van der Waals surface area contributed by atoms with Crippen LogP contribution in [-0.4, -0.2) is 96.7 Å². The largest absolute Gasteiger partial charge is 0.472 e. The minimum absolute atomic E-state index is 0.107. The molecule has 0 spiro atoms. The number of phosphoric acid groups is 2. The normalized spacial score (nSPS) is 13.9. The minimum Gasteiger partial charge on any atom is -0.462 e. The van der Waals surface area contributed by atoms with Gasteiger partial charge in [-0.25, -0.2) is 9.13 Å². The molecule has 0 heterocycles. The summed E-state index contributed by atoms with van der Waals surface area (Å²) in [5.41, 5.74) is 0. The van der Waals surface area contributed by atoms with Crippen molar-refractivity contribution in [1.82, 2.24) is 0 Å². The minimum atomic E-state index is -4.96. The van der Waals surface area contributed by atoms with E-state index in [1.807, 2.05) is 0 Å². The second-order valence-electron chi connectivity index (χ2n) is 28.9. The summed E-state index contributed by atoms with van der Waals surface area (Å²) in [4.78, 5) is 72.7. The third-order valence-electron chi connectivity index (χ3n) is 18.5. The Bertz CT molecular complexity index is 1870. The van der Waals surface area contributed by atoms with Gasteiger partial charge in [0.2, 0.25) is 0 Å². The Kier molecular flexibility index (Phi) is 70.6. The van der Waals surface area contributed by atoms with Crippen molar-refractivity contribution < 1.29 is 80.2 Å². The van der Waals surface area contributed by atoms with E-state index in [9.17, 15) is 43.2 Å². The van der Waals surface area contributed by atoms with Crippen molar-refractivity contribution >= 4 is 39.5 Å². The van der Waals surface area contributed by atoms with E-state index in [2.05, 4.69) is 34.6 Å². The van der Waals surface area contributed by atoms with E-state index in [0.29, 0.717) is 25.7 Å². The number of phosphoric ester groups is 2. The van der Waals surface area contributed by atoms with Gasteiger partial charge in [-0.3, -0.25) is 37.3 Å². The summed E-state index contributed by atoms with van der Waals surface area (Å²) in [6, 6.07) is 0. The number of hydrogen-bond acceptors (Lipinski definition) is 15. The molecule has 0 fully saturated rings. The number of ether oxygens (including phenoxy) is 4.